The number of benzene rings is 3. The van der Waals surface area contributed by atoms with Gasteiger partial charge in [0.05, 0.1) is 12.7 Å². The summed E-state index contributed by atoms with van der Waals surface area (Å²) < 4.78 is 30.7. The van der Waals surface area contributed by atoms with Crippen LogP contribution in [0.4, 0.5) is 4.39 Å². The van der Waals surface area contributed by atoms with Gasteiger partial charge in [0.2, 0.25) is 5.90 Å². The Morgan fingerprint density at radius 2 is 1.84 bits per heavy atom. The van der Waals surface area contributed by atoms with Gasteiger partial charge in [-0.1, -0.05) is 36.4 Å². The zero-order valence-electron chi connectivity index (χ0n) is 16.5. The minimum absolute atomic E-state index is 0.144. The summed E-state index contributed by atoms with van der Waals surface area (Å²) in [5.41, 5.74) is 2.22. The summed E-state index contributed by atoms with van der Waals surface area (Å²) in [5, 5.41) is 0. The van der Waals surface area contributed by atoms with E-state index in [-0.39, 0.29) is 24.0 Å². The highest BCUT2D eigenvalue weighted by Crippen LogP contribution is 2.34. The maximum absolute atomic E-state index is 13.1. The van der Waals surface area contributed by atoms with Crippen molar-refractivity contribution in [3.05, 3.63) is 99.4 Å². The molecule has 7 heteroatoms. The molecule has 0 saturated carbocycles. The fraction of sp³-hybridized carbons (Fsp3) is 0.0833. The number of nitrogens with zero attached hydrogens (tertiary/aromatic N) is 1. The number of rotatable bonds is 6. The van der Waals surface area contributed by atoms with Crippen LogP contribution < -0.4 is 9.47 Å². The second-order valence-corrected chi connectivity index (χ2v) is 7.46. The molecule has 0 bridgehead atoms. The molecule has 31 heavy (non-hydrogen) atoms. The molecule has 3 aromatic carbocycles. The molecule has 1 heterocycles. The van der Waals surface area contributed by atoms with E-state index in [1.165, 1.54) is 19.2 Å². The molecule has 0 radical (unpaired) electrons. The van der Waals surface area contributed by atoms with E-state index in [0.717, 1.165) is 10.0 Å². The first-order valence-corrected chi connectivity index (χ1v) is 10.2. The number of carbonyl (C=O) groups excluding carboxylic acids is 1. The van der Waals surface area contributed by atoms with Gasteiger partial charge < -0.3 is 14.2 Å². The molecule has 0 amide bonds. The molecule has 0 saturated heterocycles. The topological polar surface area (TPSA) is 57.1 Å². The maximum atomic E-state index is 13.1. The van der Waals surface area contributed by atoms with Crippen molar-refractivity contribution in [3.63, 3.8) is 0 Å². The summed E-state index contributed by atoms with van der Waals surface area (Å²) in [5.74, 6) is 0.292. The molecule has 0 atom stereocenters. The minimum Gasteiger partial charge on any atom is -0.493 e. The molecule has 0 aromatic heterocycles. The Morgan fingerprint density at radius 3 is 2.58 bits per heavy atom. The van der Waals surface area contributed by atoms with Crippen molar-refractivity contribution in [1.29, 1.82) is 0 Å². The smallest absolute Gasteiger partial charge is 0.363 e. The van der Waals surface area contributed by atoms with Crippen molar-refractivity contribution >= 4 is 33.9 Å². The third-order valence-corrected chi connectivity index (χ3v) is 5.23. The van der Waals surface area contributed by atoms with Crippen LogP contribution in [-0.4, -0.2) is 19.0 Å². The predicted molar refractivity (Wildman–Crippen MR) is 118 cm³/mol. The second-order valence-electron chi connectivity index (χ2n) is 6.61. The Bertz CT molecular complexity index is 1190. The van der Waals surface area contributed by atoms with E-state index in [1.807, 2.05) is 24.3 Å². The number of esters is 1. The number of aliphatic imine (C=N–C) groups is 1. The molecule has 0 unspecified atom stereocenters. The second kappa shape index (κ2) is 9.14. The van der Waals surface area contributed by atoms with E-state index in [0.29, 0.717) is 22.6 Å². The molecular weight excluding hydrogens is 465 g/mol. The number of para-hydroxylation sites is 1. The first-order chi connectivity index (χ1) is 15.0. The number of hydrogen-bond acceptors (Lipinski definition) is 5. The average molecular weight is 482 g/mol. The van der Waals surface area contributed by atoms with E-state index < -0.39 is 5.97 Å². The third-order valence-electron chi connectivity index (χ3n) is 4.54. The van der Waals surface area contributed by atoms with Crippen LogP contribution in [0, 0.1) is 5.82 Å². The predicted octanol–water partition coefficient (Wildman–Crippen LogP) is 5.52. The van der Waals surface area contributed by atoms with Crippen LogP contribution in [0.25, 0.3) is 6.08 Å². The van der Waals surface area contributed by atoms with Gasteiger partial charge in [0, 0.05) is 10.0 Å². The molecule has 0 aliphatic carbocycles. The highest BCUT2D eigenvalue weighted by atomic mass is 79.9. The van der Waals surface area contributed by atoms with E-state index >= 15 is 0 Å². The van der Waals surface area contributed by atoms with E-state index in [2.05, 4.69) is 20.9 Å². The molecule has 5 nitrogen and oxygen atoms in total. The highest BCUT2D eigenvalue weighted by molar-refractivity contribution is 9.10. The Labute approximate surface area is 186 Å². The van der Waals surface area contributed by atoms with Crippen LogP contribution in [0.5, 0.6) is 11.5 Å². The summed E-state index contributed by atoms with van der Waals surface area (Å²) in [7, 11) is 1.53. The Balaban J connectivity index is 1.66. The molecule has 1 aliphatic heterocycles. The summed E-state index contributed by atoms with van der Waals surface area (Å²) in [6.45, 7) is 0.201. The van der Waals surface area contributed by atoms with E-state index in [9.17, 15) is 9.18 Å². The van der Waals surface area contributed by atoms with Crippen LogP contribution in [0.2, 0.25) is 0 Å². The Hall–Kier alpha value is -3.45. The monoisotopic (exact) mass is 481 g/mol. The molecule has 3 aromatic rings. The number of hydrogen-bond donors (Lipinski definition) is 0. The van der Waals surface area contributed by atoms with Gasteiger partial charge in [-0.3, -0.25) is 0 Å². The van der Waals surface area contributed by atoms with Crippen molar-refractivity contribution in [2.75, 3.05) is 7.11 Å². The fourth-order valence-electron chi connectivity index (χ4n) is 3.00. The Kier molecular flexibility index (Phi) is 6.13. The normalized spacial score (nSPS) is 14.4. The summed E-state index contributed by atoms with van der Waals surface area (Å²) >= 11 is 3.44. The zero-order valence-corrected chi connectivity index (χ0v) is 18.1. The Morgan fingerprint density at radius 1 is 1.06 bits per heavy atom. The number of cyclic esters (lactones) is 1. The molecule has 4 rings (SSSR count). The van der Waals surface area contributed by atoms with Crippen molar-refractivity contribution in [1.82, 2.24) is 0 Å². The lowest BCUT2D eigenvalue weighted by atomic mass is 10.1. The molecule has 156 valence electrons. The van der Waals surface area contributed by atoms with Crippen LogP contribution in [0.1, 0.15) is 16.7 Å². The molecular formula is C24H17BrFNO4. The van der Waals surface area contributed by atoms with Gasteiger partial charge in [-0.25, -0.2) is 14.2 Å². The van der Waals surface area contributed by atoms with Crippen molar-refractivity contribution in [2.45, 2.75) is 6.61 Å². The van der Waals surface area contributed by atoms with Crippen LogP contribution in [0.15, 0.2) is 81.9 Å². The largest absolute Gasteiger partial charge is 0.493 e. The van der Waals surface area contributed by atoms with E-state index in [1.54, 1.807) is 36.4 Å². The summed E-state index contributed by atoms with van der Waals surface area (Å²) in [6, 6.07) is 18.7. The van der Waals surface area contributed by atoms with Gasteiger partial charge >= 0.3 is 5.97 Å². The minimum atomic E-state index is -0.557. The molecule has 0 spiro atoms. The third kappa shape index (κ3) is 4.67. The highest BCUT2D eigenvalue weighted by Gasteiger charge is 2.26. The number of ether oxygens (including phenoxy) is 3. The van der Waals surface area contributed by atoms with Crippen LogP contribution >= 0.6 is 15.9 Å². The van der Waals surface area contributed by atoms with Crippen LogP contribution in [-0.2, 0) is 16.1 Å². The molecule has 0 fully saturated rings. The van der Waals surface area contributed by atoms with Gasteiger partial charge in [0.15, 0.2) is 17.2 Å². The van der Waals surface area contributed by atoms with Crippen molar-refractivity contribution in [3.8, 4) is 11.5 Å². The summed E-state index contributed by atoms with van der Waals surface area (Å²) in [4.78, 5) is 16.8. The summed E-state index contributed by atoms with van der Waals surface area (Å²) in [6.07, 6.45) is 1.59. The van der Waals surface area contributed by atoms with Crippen molar-refractivity contribution in [2.24, 2.45) is 4.99 Å². The number of methoxy groups -OCH3 is 1. The first-order valence-electron chi connectivity index (χ1n) is 9.37. The van der Waals surface area contributed by atoms with Crippen LogP contribution in [0.3, 0.4) is 0 Å². The molecule has 0 N–H and O–H groups in total. The lowest BCUT2D eigenvalue weighted by Crippen LogP contribution is -2.06. The standard InChI is InChI=1S/C24H17BrFNO4/c1-29-21-8-4-5-16(22(21)30-14-15-9-11-17(26)12-10-15)13-20-24(28)31-23(27-20)18-6-2-3-7-19(18)25/h2-13H,14H2,1H3/b20-13-. The van der Waals surface area contributed by atoms with Gasteiger partial charge in [-0.05, 0) is 57.9 Å². The SMILES string of the molecule is COc1cccc(/C=C2\N=C(c3ccccc3Br)OC2=O)c1OCc1ccc(F)cc1. The van der Waals surface area contributed by atoms with Gasteiger partial charge in [-0.2, -0.15) is 0 Å². The molecule has 1 aliphatic rings. The van der Waals surface area contributed by atoms with Crippen molar-refractivity contribution < 1.29 is 23.4 Å². The fourth-order valence-corrected chi connectivity index (χ4v) is 3.46. The number of carbonyl (C=O) groups is 1. The maximum Gasteiger partial charge on any atom is 0.363 e. The lowest BCUT2D eigenvalue weighted by molar-refractivity contribution is -0.129. The first kappa shape index (κ1) is 20.8. The lowest BCUT2D eigenvalue weighted by Gasteiger charge is -2.13. The zero-order chi connectivity index (χ0) is 21.8. The number of halogens is 2. The van der Waals surface area contributed by atoms with Gasteiger partial charge in [-0.15, -0.1) is 0 Å². The average Bonchev–Trinajstić information content (AvgIpc) is 3.14. The van der Waals surface area contributed by atoms with Gasteiger partial charge in [0.1, 0.15) is 12.4 Å². The van der Waals surface area contributed by atoms with E-state index in [4.69, 9.17) is 14.2 Å². The quantitative estimate of drug-likeness (QED) is 0.343. The van der Waals surface area contributed by atoms with Gasteiger partial charge in [0.25, 0.3) is 0 Å².